The highest BCUT2D eigenvalue weighted by Gasteiger charge is 2.22. The van der Waals surface area contributed by atoms with Gasteiger partial charge in [0, 0.05) is 18.0 Å². The van der Waals surface area contributed by atoms with Crippen LogP contribution in [0.3, 0.4) is 0 Å². The Kier molecular flexibility index (Phi) is 4.74. The van der Waals surface area contributed by atoms with Gasteiger partial charge in [0.1, 0.15) is 4.47 Å². The smallest absolute Gasteiger partial charge is 0.284 e. The summed E-state index contributed by atoms with van der Waals surface area (Å²) in [7, 11) is 1.69. The van der Waals surface area contributed by atoms with E-state index in [0.717, 1.165) is 10.4 Å². The number of thiophene rings is 1. The molecular weight excluding hydrogens is 356 g/mol. The molecule has 0 aliphatic rings. The molecule has 0 aliphatic heterocycles. The van der Waals surface area contributed by atoms with Crippen molar-refractivity contribution < 1.29 is 9.72 Å². The number of hydrogen-bond donors (Lipinski definition) is 0. The Labute approximate surface area is 134 Å². The first-order valence-electron chi connectivity index (χ1n) is 6.13. The molecule has 0 aliphatic carbocycles. The molecule has 0 atom stereocenters. The van der Waals surface area contributed by atoms with Crippen molar-refractivity contribution in [3.63, 3.8) is 0 Å². The van der Waals surface area contributed by atoms with E-state index < -0.39 is 4.92 Å². The Morgan fingerprint density at radius 3 is 2.71 bits per heavy atom. The fourth-order valence-corrected chi connectivity index (χ4v) is 3.42. The van der Waals surface area contributed by atoms with Crippen molar-refractivity contribution in [3.05, 3.63) is 60.2 Å². The second kappa shape index (κ2) is 6.36. The number of rotatable bonds is 4. The molecule has 0 N–H and O–H groups in total. The van der Waals surface area contributed by atoms with Crippen molar-refractivity contribution in [1.29, 1.82) is 0 Å². The lowest BCUT2D eigenvalue weighted by Gasteiger charge is -2.17. The zero-order valence-corrected chi connectivity index (χ0v) is 13.9. The third-order valence-corrected chi connectivity index (χ3v) is 4.94. The van der Waals surface area contributed by atoms with Crippen molar-refractivity contribution in [2.75, 3.05) is 7.05 Å². The lowest BCUT2D eigenvalue weighted by atomic mass is 10.1. The predicted molar refractivity (Wildman–Crippen MR) is 85.6 cm³/mol. The van der Waals surface area contributed by atoms with Gasteiger partial charge in [0.25, 0.3) is 11.6 Å². The number of hydrogen-bond acceptors (Lipinski definition) is 4. The van der Waals surface area contributed by atoms with Crippen molar-refractivity contribution in [2.24, 2.45) is 0 Å². The van der Waals surface area contributed by atoms with E-state index in [1.807, 2.05) is 18.4 Å². The number of benzene rings is 1. The first-order chi connectivity index (χ1) is 9.91. The normalized spacial score (nSPS) is 10.4. The van der Waals surface area contributed by atoms with Crippen molar-refractivity contribution in [2.45, 2.75) is 13.5 Å². The van der Waals surface area contributed by atoms with Crippen LogP contribution in [0.25, 0.3) is 0 Å². The van der Waals surface area contributed by atoms with Gasteiger partial charge in [-0.05, 0) is 45.9 Å². The Hall–Kier alpha value is -1.73. The average molecular weight is 369 g/mol. The third-order valence-electron chi connectivity index (χ3n) is 3.10. The number of nitrogens with zero attached hydrogens (tertiary/aromatic N) is 2. The standard InChI is InChI=1S/C14H13BrN2O3S/c1-9-6-7-21-12(9)8-16(2)14(18)10-4-3-5-11(13(10)15)17(19)20/h3-7H,8H2,1-2H3. The largest absolute Gasteiger partial charge is 0.337 e. The van der Waals surface area contributed by atoms with Crippen LogP contribution >= 0.6 is 27.3 Å². The van der Waals surface area contributed by atoms with Crippen LogP contribution in [0, 0.1) is 17.0 Å². The molecule has 1 heterocycles. The SMILES string of the molecule is Cc1ccsc1CN(C)C(=O)c1cccc([N+](=O)[O-])c1Br. The first-order valence-corrected chi connectivity index (χ1v) is 7.80. The van der Waals surface area contributed by atoms with Crippen LogP contribution in [0.1, 0.15) is 20.8 Å². The molecule has 0 bridgehead atoms. The number of amides is 1. The summed E-state index contributed by atoms with van der Waals surface area (Å²) in [6.45, 7) is 2.48. The van der Waals surface area contributed by atoms with Gasteiger partial charge in [-0.15, -0.1) is 11.3 Å². The van der Waals surface area contributed by atoms with E-state index in [1.165, 1.54) is 12.1 Å². The van der Waals surface area contributed by atoms with Crippen LogP contribution in [0.15, 0.2) is 34.1 Å². The van der Waals surface area contributed by atoms with Crippen LogP contribution in [0.4, 0.5) is 5.69 Å². The molecule has 0 fully saturated rings. The molecule has 1 aromatic carbocycles. The number of carbonyl (C=O) groups excluding carboxylic acids is 1. The maximum absolute atomic E-state index is 12.5. The number of carbonyl (C=O) groups is 1. The van der Waals surface area contributed by atoms with Gasteiger partial charge >= 0.3 is 0 Å². The Balaban J connectivity index is 2.26. The second-order valence-electron chi connectivity index (χ2n) is 4.58. The van der Waals surface area contributed by atoms with E-state index in [9.17, 15) is 14.9 Å². The molecule has 2 aromatic rings. The molecule has 0 spiro atoms. The highest BCUT2D eigenvalue weighted by Crippen LogP contribution is 2.29. The van der Waals surface area contributed by atoms with Crippen molar-refractivity contribution in [3.8, 4) is 0 Å². The maximum atomic E-state index is 12.5. The summed E-state index contributed by atoms with van der Waals surface area (Å²) in [6.07, 6.45) is 0. The highest BCUT2D eigenvalue weighted by molar-refractivity contribution is 9.10. The van der Waals surface area contributed by atoms with Crippen LogP contribution in [0.2, 0.25) is 0 Å². The molecule has 110 valence electrons. The summed E-state index contributed by atoms with van der Waals surface area (Å²) in [5.41, 5.74) is 1.32. The molecule has 1 amide bonds. The highest BCUT2D eigenvalue weighted by atomic mass is 79.9. The topological polar surface area (TPSA) is 63.5 Å². The maximum Gasteiger partial charge on any atom is 0.284 e. The average Bonchev–Trinajstić information content (AvgIpc) is 2.83. The summed E-state index contributed by atoms with van der Waals surface area (Å²) in [5, 5.41) is 12.9. The lowest BCUT2D eigenvalue weighted by molar-refractivity contribution is -0.385. The summed E-state index contributed by atoms with van der Waals surface area (Å²) >= 11 is 4.75. The Morgan fingerprint density at radius 1 is 1.43 bits per heavy atom. The fourth-order valence-electron chi connectivity index (χ4n) is 1.88. The van der Waals surface area contributed by atoms with E-state index in [1.54, 1.807) is 29.4 Å². The zero-order chi connectivity index (χ0) is 15.6. The Morgan fingerprint density at radius 2 is 2.14 bits per heavy atom. The number of aryl methyl sites for hydroxylation is 1. The van der Waals surface area contributed by atoms with Gasteiger partial charge in [0.15, 0.2) is 0 Å². The molecule has 0 saturated heterocycles. The van der Waals surface area contributed by atoms with E-state index >= 15 is 0 Å². The quantitative estimate of drug-likeness (QED) is 0.605. The lowest BCUT2D eigenvalue weighted by Crippen LogP contribution is -2.26. The summed E-state index contributed by atoms with van der Waals surface area (Å²) in [5.74, 6) is -0.252. The number of nitro groups is 1. The third kappa shape index (κ3) is 3.30. The minimum Gasteiger partial charge on any atom is -0.337 e. The zero-order valence-electron chi connectivity index (χ0n) is 11.5. The molecular formula is C14H13BrN2O3S. The van der Waals surface area contributed by atoms with Crippen LogP contribution in [-0.2, 0) is 6.54 Å². The minimum absolute atomic E-state index is 0.110. The van der Waals surface area contributed by atoms with E-state index in [0.29, 0.717) is 12.1 Å². The molecule has 1 aromatic heterocycles. The predicted octanol–water partition coefficient (Wildman–Crippen LogP) is 4.00. The van der Waals surface area contributed by atoms with E-state index in [2.05, 4.69) is 15.9 Å². The van der Waals surface area contributed by atoms with Gasteiger partial charge in [0.05, 0.1) is 17.0 Å². The molecule has 0 saturated carbocycles. The molecule has 7 heteroatoms. The first kappa shape index (κ1) is 15.7. The van der Waals surface area contributed by atoms with Gasteiger partial charge in [0.2, 0.25) is 0 Å². The van der Waals surface area contributed by atoms with E-state index in [-0.39, 0.29) is 16.1 Å². The molecule has 21 heavy (non-hydrogen) atoms. The summed E-state index contributed by atoms with van der Waals surface area (Å²) in [4.78, 5) is 25.5. The van der Waals surface area contributed by atoms with Crippen LogP contribution in [0.5, 0.6) is 0 Å². The van der Waals surface area contributed by atoms with Crippen molar-refractivity contribution in [1.82, 2.24) is 4.90 Å². The van der Waals surface area contributed by atoms with Crippen LogP contribution in [-0.4, -0.2) is 22.8 Å². The van der Waals surface area contributed by atoms with Gasteiger partial charge in [-0.25, -0.2) is 0 Å². The molecule has 0 radical (unpaired) electrons. The van der Waals surface area contributed by atoms with E-state index in [4.69, 9.17) is 0 Å². The molecule has 2 rings (SSSR count). The van der Waals surface area contributed by atoms with Gasteiger partial charge in [-0.1, -0.05) is 6.07 Å². The van der Waals surface area contributed by atoms with Gasteiger partial charge in [-0.3, -0.25) is 14.9 Å². The summed E-state index contributed by atoms with van der Waals surface area (Å²) in [6, 6.07) is 6.46. The van der Waals surface area contributed by atoms with Crippen LogP contribution < -0.4 is 0 Å². The Bertz CT molecular complexity index is 699. The number of halogens is 1. The molecule has 0 unspecified atom stereocenters. The van der Waals surface area contributed by atoms with Gasteiger partial charge in [-0.2, -0.15) is 0 Å². The van der Waals surface area contributed by atoms with Crippen molar-refractivity contribution >= 4 is 38.9 Å². The number of nitro benzene ring substituents is 1. The summed E-state index contributed by atoms with van der Waals surface area (Å²) < 4.78 is 0.217. The second-order valence-corrected chi connectivity index (χ2v) is 6.38. The molecule has 5 nitrogen and oxygen atoms in total. The fraction of sp³-hybridized carbons (Fsp3) is 0.214. The monoisotopic (exact) mass is 368 g/mol. The van der Waals surface area contributed by atoms with Gasteiger partial charge < -0.3 is 4.90 Å². The minimum atomic E-state index is -0.510.